The molecule has 2 rings (SSSR count). The van der Waals surface area contributed by atoms with Crippen molar-refractivity contribution < 1.29 is 55.2 Å². The lowest BCUT2D eigenvalue weighted by molar-refractivity contribution is -0.275. The SMILES string of the molecule is BrC(Br)Br.COC(C(=O)O)c1cccc(OC(F)(F)F)c1.O=Cc1cccc(OC(F)(F)F)c1. The molecule has 0 amide bonds. The summed E-state index contributed by atoms with van der Waals surface area (Å²) in [6.45, 7) is 0. The predicted molar refractivity (Wildman–Crippen MR) is 120 cm³/mol. The Morgan fingerprint density at radius 1 is 0.912 bits per heavy atom. The fraction of sp³-hybridized carbons (Fsp3) is 0.263. The number of rotatable bonds is 6. The fourth-order valence-corrected chi connectivity index (χ4v) is 2.04. The number of hydrogen-bond donors (Lipinski definition) is 1. The second-order valence-corrected chi connectivity index (χ2v) is 12.0. The second kappa shape index (κ2) is 15.2. The minimum absolute atomic E-state index is 0.0711. The van der Waals surface area contributed by atoms with E-state index < -0.39 is 36.3 Å². The Kier molecular flexibility index (Phi) is 14.4. The van der Waals surface area contributed by atoms with Gasteiger partial charge in [0.05, 0.1) is 0 Å². The normalized spacial score (nSPS) is 11.9. The summed E-state index contributed by atoms with van der Waals surface area (Å²) >= 11 is 9.31. The van der Waals surface area contributed by atoms with E-state index in [0.717, 1.165) is 31.4 Å². The van der Waals surface area contributed by atoms with E-state index in [2.05, 4.69) is 62.0 Å². The highest BCUT2D eigenvalue weighted by Crippen LogP contribution is 2.27. The average molecular weight is 693 g/mol. The van der Waals surface area contributed by atoms with Gasteiger partial charge in [-0.1, -0.05) is 72.1 Å². The van der Waals surface area contributed by atoms with Crippen LogP contribution in [0, 0.1) is 0 Å². The third kappa shape index (κ3) is 15.9. The highest BCUT2D eigenvalue weighted by atomic mass is 80.0. The minimum Gasteiger partial charge on any atom is -0.479 e. The molecule has 6 nitrogen and oxygen atoms in total. The maximum Gasteiger partial charge on any atom is 0.573 e. The smallest absolute Gasteiger partial charge is 0.479 e. The van der Waals surface area contributed by atoms with Crippen LogP contribution in [0.25, 0.3) is 0 Å². The molecule has 1 N–H and O–H groups in total. The molecule has 0 aliphatic carbocycles. The quantitative estimate of drug-likeness (QED) is 0.196. The van der Waals surface area contributed by atoms with Crippen molar-refractivity contribution in [2.24, 2.45) is 0 Å². The zero-order chi connectivity index (χ0) is 26.5. The van der Waals surface area contributed by atoms with E-state index in [0.29, 0.717) is 6.29 Å². The van der Waals surface area contributed by atoms with Gasteiger partial charge in [-0.3, -0.25) is 4.79 Å². The number of alkyl halides is 9. The lowest BCUT2D eigenvalue weighted by atomic mass is 10.1. The Balaban J connectivity index is 0.000000567. The molecule has 34 heavy (non-hydrogen) atoms. The van der Waals surface area contributed by atoms with E-state index in [-0.39, 0.29) is 13.8 Å². The largest absolute Gasteiger partial charge is 0.573 e. The van der Waals surface area contributed by atoms with E-state index in [4.69, 9.17) is 5.11 Å². The minimum atomic E-state index is -4.82. The Hall–Kier alpha value is -1.84. The number of hydrogen-bond acceptors (Lipinski definition) is 5. The van der Waals surface area contributed by atoms with E-state index >= 15 is 0 Å². The number of aldehydes is 1. The molecule has 2 aromatic carbocycles. The predicted octanol–water partition coefficient (Wildman–Crippen LogP) is 7.21. The van der Waals surface area contributed by atoms with Gasteiger partial charge in [-0.2, -0.15) is 0 Å². The molecule has 0 saturated carbocycles. The van der Waals surface area contributed by atoms with Crippen LogP contribution in [0.5, 0.6) is 11.5 Å². The summed E-state index contributed by atoms with van der Waals surface area (Å²) in [4.78, 5) is 20.9. The number of benzene rings is 2. The van der Waals surface area contributed by atoms with Gasteiger partial charge >= 0.3 is 18.7 Å². The van der Waals surface area contributed by atoms with Crippen LogP contribution in [0.4, 0.5) is 26.3 Å². The van der Waals surface area contributed by atoms with Gasteiger partial charge in [-0.25, -0.2) is 4.79 Å². The van der Waals surface area contributed by atoms with Crippen molar-refractivity contribution in [3.8, 4) is 11.5 Å². The molecule has 1 atom stereocenters. The molecule has 0 bridgehead atoms. The molecule has 15 heteroatoms. The van der Waals surface area contributed by atoms with E-state index in [9.17, 15) is 35.9 Å². The molecule has 2 aromatic rings. The first-order valence-electron chi connectivity index (χ1n) is 8.42. The molecular formula is C19H15Br3F6O6. The van der Waals surface area contributed by atoms with Crippen LogP contribution >= 0.6 is 47.8 Å². The molecule has 0 heterocycles. The first-order chi connectivity index (χ1) is 15.6. The van der Waals surface area contributed by atoms with Crippen molar-refractivity contribution in [2.75, 3.05) is 7.11 Å². The van der Waals surface area contributed by atoms with Gasteiger partial charge in [-0.15, -0.1) is 26.3 Å². The second-order valence-electron chi connectivity index (χ2n) is 5.56. The monoisotopic (exact) mass is 690 g/mol. The number of carbonyl (C=O) groups is 2. The van der Waals surface area contributed by atoms with Gasteiger partial charge in [0.2, 0.25) is 0 Å². The van der Waals surface area contributed by atoms with E-state index in [1.165, 1.54) is 24.3 Å². The number of carboxylic acid groups (broad SMARTS) is 1. The van der Waals surface area contributed by atoms with Crippen LogP contribution in [-0.2, 0) is 9.53 Å². The molecule has 1 unspecified atom stereocenters. The molecule has 0 radical (unpaired) electrons. The van der Waals surface area contributed by atoms with Crippen molar-refractivity contribution in [3.05, 3.63) is 59.7 Å². The van der Waals surface area contributed by atoms with Gasteiger partial charge in [-0.05, 0) is 29.8 Å². The Bertz CT molecular complexity index is 906. The maximum atomic E-state index is 11.9. The van der Waals surface area contributed by atoms with Crippen molar-refractivity contribution in [1.82, 2.24) is 0 Å². The van der Waals surface area contributed by atoms with Gasteiger partial charge in [0, 0.05) is 12.7 Å². The third-order valence-electron chi connectivity index (χ3n) is 3.08. The Morgan fingerprint density at radius 2 is 1.35 bits per heavy atom. The zero-order valence-electron chi connectivity index (χ0n) is 16.7. The molecule has 0 aliphatic rings. The number of carbonyl (C=O) groups excluding carboxylic acids is 1. The topological polar surface area (TPSA) is 82.1 Å². The number of ether oxygens (including phenoxy) is 3. The van der Waals surface area contributed by atoms with Gasteiger partial charge < -0.3 is 19.3 Å². The summed E-state index contributed by atoms with van der Waals surface area (Å²) in [7, 11) is 1.15. The lowest BCUT2D eigenvalue weighted by Crippen LogP contribution is -2.18. The highest BCUT2D eigenvalue weighted by molar-refractivity contribution is 9.38. The number of methoxy groups -OCH3 is 1. The van der Waals surface area contributed by atoms with Gasteiger partial charge in [0.25, 0.3) is 0 Å². The van der Waals surface area contributed by atoms with Crippen molar-refractivity contribution in [1.29, 1.82) is 0 Å². The van der Waals surface area contributed by atoms with Crippen LogP contribution in [0.15, 0.2) is 48.5 Å². The van der Waals surface area contributed by atoms with Crippen LogP contribution in [-0.4, -0.2) is 39.8 Å². The fourth-order valence-electron chi connectivity index (χ4n) is 2.04. The summed E-state index contributed by atoms with van der Waals surface area (Å²) in [5.74, 6) is -2.17. The number of halogens is 9. The third-order valence-corrected chi connectivity index (χ3v) is 3.08. The summed E-state index contributed by atoms with van der Waals surface area (Å²) in [6.07, 6.45) is -10.4. The molecule has 0 saturated heterocycles. The van der Waals surface area contributed by atoms with Crippen LogP contribution < -0.4 is 9.47 Å². The highest BCUT2D eigenvalue weighted by Gasteiger charge is 2.32. The van der Waals surface area contributed by atoms with E-state index in [1.807, 2.05) is 0 Å². The van der Waals surface area contributed by atoms with Crippen molar-refractivity contribution in [3.63, 3.8) is 0 Å². The Labute approximate surface area is 214 Å². The van der Waals surface area contributed by atoms with Crippen LogP contribution in [0.2, 0.25) is 0 Å². The van der Waals surface area contributed by atoms with Crippen LogP contribution in [0.3, 0.4) is 0 Å². The molecule has 0 fully saturated rings. The van der Waals surface area contributed by atoms with Crippen molar-refractivity contribution in [2.45, 2.75) is 21.5 Å². The maximum absolute atomic E-state index is 11.9. The average Bonchev–Trinajstić information content (AvgIpc) is 2.66. The zero-order valence-corrected chi connectivity index (χ0v) is 21.5. The van der Waals surface area contributed by atoms with Crippen molar-refractivity contribution >= 4 is 60.0 Å². The summed E-state index contributed by atoms with van der Waals surface area (Å²) in [6, 6.07) is 9.47. The molecule has 0 aliphatic heterocycles. The van der Waals surface area contributed by atoms with E-state index in [1.54, 1.807) is 0 Å². The molecule has 0 spiro atoms. The number of aliphatic carboxylic acids is 1. The summed E-state index contributed by atoms with van der Waals surface area (Å²) < 4.78 is 83.0. The standard InChI is InChI=1S/C10H9F3O4.C8H5F3O2.CHBr3/c1-16-8(9(14)15)6-3-2-4-7(5-6)17-10(11,12)13;9-8(10,11)13-7-3-1-2-6(4-7)5-12;2-1(3)4/h2-5,8H,1H3,(H,14,15);1-5H;1H. The Morgan fingerprint density at radius 3 is 1.74 bits per heavy atom. The molecular weight excluding hydrogens is 678 g/mol. The first kappa shape index (κ1) is 32.2. The summed E-state index contributed by atoms with van der Waals surface area (Å²) in [5.41, 5.74) is 0.212. The molecule has 190 valence electrons. The summed E-state index contributed by atoms with van der Waals surface area (Å²) in [5, 5.41) is 8.76. The van der Waals surface area contributed by atoms with Gasteiger partial charge in [0.15, 0.2) is 6.10 Å². The first-order valence-corrected chi connectivity index (χ1v) is 11.2. The molecule has 0 aromatic heterocycles. The van der Waals surface area contributed by atoms with Gasteiger partial charge in [0.1, 0.15) is 20.4 Å². The lowest BCUT2D eigenvalue weighted by Gasteiger charge is -2.13. The van der Waals surface area contributed by atoms with Crippen LogP contribution in [0.1, 0.15) is 22.0 Å². The number of carboxylic acids is 1.